The molecule has 7 nitrogen and oxygen atoms in total. The molecular weight excluding hydrogens is 342 g/mol. The highest BCUT2D eigenvalue weighted by atomic mass is 16.5. The Bertz CT molecular complexity index is 951. The third-order valence-corrected chi connectivity index (χ3v) is 5.08. The lowest BCUT2D eigenvalue weighted by atomic mass is 10.0. The van der Waals surface area contributed by atoms with Crippen molar-refractivity contribution < 1.29 is 9.53 Å². The minimum absolute atomic E-state index is 0.0453. The molecule has 1 aliphatic rings. The van der Waals surface area contributed by atoms with Gasteiger partial charge in [-0.3, -0.25) is 4.79 Å². The molecule has 1 atom stereocenters. The van der Waals surface area contributed by atoms with Crippen LogP contribution in [0.4, 0.5) is 0 Å². The number of pyridine rings is 1. The van der Waals surface area contributed by atoms with Gasteiger partial charge in [0.05, 0.1) is 19.3 Å². The van der Waals surface area contributed by atoms with Crippen LogP contribution in [0.1, 0.15) is 28.4 Å². The van der Waals surface area contributed by atoms with Crippen LogP contribution in [0, 0.1) is 0 Å². The van der Waals surface area contributed by atoms with Crippen LogP contribution in [0.5, 0.6) is 5.75 Å². The first-order chi connectivity index (χ1) is 13.2. The lowest BCUT2D eigenvalue weighted by molar-refractivity contribution is 0.0790. The van der Waals surface area contributed by atoms with Crippen LogP contribution in [0.3, 0.4) is 0 Å². The first kappa shape index (κ1) is 17.5. The minimum atomic E-state index is 0.0453. The second-order valence-electron chi connectivity index (χ2n) is 6.74. The van der Waals surface area contributed by atoms with E-state index >= 15 is 0 Å². The molecular formula is C20H23N5O2. The summed E-state index contributed by atoms with van der Waals surface area (Å²) in [6.07, 6.45) is 2.67. The quantitative estimate of drug-likeness (QED) is 0.748. The van der Waals surface area contributed by atoms with Crippen molar-refractivity contribution >= 4 is 16.9 Å². The fourth-order valence-corrected chi connectivity index (χ4v) is 3.70. The highest BCUT2D eigenvalue weighted by molar-refractivity contribution is 5.94. The van der Waals surface area contributed by atoms with Gasteiger partial charge in [0.1, 0.15) is 5.75 Å². The minimum Gasteiger partial charge on any atom is -0.497 e. The fraction of sp³-hybridized carbons (Fsp3) is 0.350. The molecule has 140 valence electrons. The molecule has 0 spiro atoms. The molecule has 0 radical (unpaired) electrons. The van der Waals surface area contributed by atoms with Gasteiger partial charge in [-0.2, -0.15) is 5.10 Å². The number of aromatic nitrogens is 3. The number of rotatable bonds is 5. The topological polar surface area (TPSA) is 86.3 Å². The molecule has 3 aromatic rings. The van der Waals surface area contributed by atoms with E-state index in [-0.39, 0.29) is 11.8 Å². The van der Waals surface area contributed by atoms with Gasteiger partial charge in [-0.05, 0) is 42.8 Å². The molecule has 0 bridgehead atoms. The molecule has 7 heteroatoms. The van der Waals surface area contributed by atoms with Crippen LogP contribution in [-0.2, 0) is 6.54 Å². The third-order valence-electron chi connectivity index (χ3n) is 5.08. The Morgan fingerprint density at radius 3 is 2.85 bits per heavy atom. The SMILES string of the molecule is COc1ccc(C(=O)N2CCC(c3nn(CCN)c4ncccc34)C2)cc1. The van der Waals surface area contributed by atoms with E-state index in [2.05, 4.69) is 4.98 Å². The van der Waals surface area contributed by atoms with E-state index < -0.39 is 0 Å². The van der Waals surface area contributed by atoms with Crippen LogP contribution in [-0.4, -0.2) is 52.3 Å². The predicted octanol–water partition coefficient (Wildman–Crippen LogP) is 2.03. The van der Waals surface area contributed by atoms with Crippen molar-refractivity contribution in [3.05, 3.63) is 53.9 Å². The first-order valence-corrected chi connectivity index (χ1v) is 9.16. The molecule has 27 heavy (non-hydrogen) atoms. The van der Waals surface area contributed by atoms with Gasteiger partial charge < -0.3 is 15.4 Å². The van der Waals surface area contributed by atoms with Crippen molar-refractivity contribution in [2.24, 2.45) is 5.73 Å². The number of hydrogen-bond donors (Lipinski definition) is 1. The van der Waals surface area contributed by atoms with Crippen molar-refractivity contribution in [1.29, 1.82) is 0 Å². The van der Waals surface area contributed by atoms with Crippen molar-refractivity contribution in [3.8, 4) is 5.75 Å². The molecule has 1 saturated heterocycles. The molecule has 3 heterocycles. The van der Waals surface area contributed by atoms with E-state index in [1.807, 2.05) is 46.0 Å². The number of benzene rings is 1. The molecule has 1 aliphatic heterocycles. The monoisotopic (exact) mass is 365 g/mol. The van der Waals surface area contributed by atoms with Crippen LogP contribution in [0.2, 0.25) is 0 Å². The number of hydrogen-bond acceptors (Lipinski definition) is 5. The number of carbonyl (C=O) groups is 1. The molecule has 0 aliphatic carbocycles. The van der Waals surface area contributed by atoms with E-state index in [4.69, 9.17) is 15.6 Å². The van der Waals surface area contributed by atoms with Gasteiger partial charge in [0.25, 0.3) is 5.91 Å². The zero-order valence-corrected chi connectivity index (χ0v) is 15.3. The molecule has 1 aromatic carbocycles. The highest BCUT2D eigenvalue weighted by Crippen LogP contribution is 2.32. The summed E-state index contributed by atoms with van der Waals surface area (Å²) in [6, 6.07) is 11.2. The lowest BCUT2D eigenvalue weighted by Gasteiger charge is -2.16. The van der Waals surface area contributed by atoms with Crippen LogP contribution in [0.25, 0.3) is 11.0 Å². The Labute approximate surface area is 157 Å². The summed E-state index contributed by atoms with van der Waals surface area (Å²) < 4.78 is 7.04. The normalized spacial score (nSPS) is 16.8. The van der Waals surface area contributed by atoms with Gasteiger partial charge in [0.15, 0.2) is 5.65 Å². The Morgan fingerprint density at radius 1 is 1.30 bits per heavy atom. The van der Waals surface area contributed by atoms with Crippen LogP contribution in [0.15, 0.2) is 42.6 Å². The van der Waals surface area contributed by atoms with Gasteiger partial charge in [-0.25, -0.2) is 9.67 Å². The molecule has 0 saturated carbocycles. The van der Waals surface area contributed by atoms with Crippen molar-refractivity contribution in [1.82, 2.24) is 19.7 Å². The standard InChI is InChI=1S/C20H23N5O2/c1-27-16-6-4-14(5-7-16)20(26)24-11-8-15(13-24)18-17-3-2-10-22-19(17)25(23-18)12-9-21/h2-7,10,15H,8-9,11-13,21H2,1H3. The molecule has 1 fully saturated rings. The summed E-state index contributed by atoms with van der Waals surface area (Å²) in [5, 5.41) is 5.82. The smallest absolute Gasteiger partial charge is 0.253 e. The average molecular weight is 365 g/mol. The molecule has 2 N–H and O–H groups in total. The zero-order chi connectivity index (χ0) is 18.8. The zero-order valence-electron chi connectivity index (χ0n) is 15.3. The predicted molar refractivity (Wildman–Crippen MR) is 103 cm³/mol. The van der Waals surface area contributed by atoms with Crippen molar-refractivity contribution in [2.45, 2.75) is 18.9 Å². The van der Waals surface area contributed by atoms with Gasteiger partial charge in [-0.1, -0.05) is 0 Å². The lowest BCUT2D eigenvalue weighted by Crippen LogP contribution is -2.28. The summed E-state index contributed by atoms with van der Waals surface area (Å²) >= 11 is 0. The van der Waals surface area contributed by atoms with Gasteiger partial charge >= 0.3 is 0 Å². The maximum atomic E-state index is 12.8. The van der Waals surface area contributed by atoms with Gasteiger partial charge in [-0.15, -0.1) is 0 Å². The van der Waals surface area contributed by atoms with Crippen LogP contribution < -0.4 is 10.5 Å². The molecule has 1 amide bonds. The Morgan fingerprint density at radius 2 is 2.11 bits per heavy atom. The summed E-state index contributed by atoms with van der Waals surface area (Å²) in [4.78, 5) is 19.2. The van der Waals surface area contributed by atoms with Crippen molar-refractivity contribution in [3.63, 3.8) is 0 Å². The second-order valence-corrected chi connectivity index (χ2v) is 6.74. The summed E-state index contributed by atoms with van der Waals surface area (Å²) in [5.41, 5.74) is 8.26. The van der Waals surface area contributed by atoms with E-state index in [1.165, 1.54) is 0 Å². The van der Waals surface area contributed by atoms with E-state index in [0.717, 1.165) is 35.4 Å². The Hall–Kier alpha value is -2.93. The molecule has 1 unspecified atom stereocenters. The number of methoxy groups -OCH3 is 1. The summed E-state index contributed by atoms with van der Waals surface area (Å²) in [5.74, 6) is 0.997. The summed E-state index contributed by atoms with van der Waals surface area (Å²) in [6.45, 7) is 2.53. The number of nitrogens with zero attached hydrogens (tertiary/aromatic N) is 4. The Kier molecular flexibility index (Phi) is 4.77. The first-order valence-electron chi connectivity index (χ1n) is 9.16. The summed E-state index contributed by atoms with van der Waals surface area (Å²) in [7, 11) is 1.62. The maximum Gasteiger partial charge on any atom is 0.253 e. The second kappa shape index (κ2) is 7.36. The van der Waals surface area contributed by atoms with E-state index in [9.17, 15) is 4.79 Å². The fourth-order valence-electron chi connectivity index (χ4n) is 3.70. The number of likely N-dealkylation sites (tertiary alicyclic amines) is 1. The van der Waals surface area contributed by atoms with Gasteiger partial charge in [0.2, 0.25) is 0 Å². The van der Waals surface area contributed by atoms with Crippen LogP contribution >= 0.6 is 0 Å². The number of ether oxygens (including phenoxy) is 1. The Balaban J connectivity index is 1.55. The van der Waals surface area contributed by atoms with E-state index in [0.29, 0.717) is 25.2 Å². The largest absolute Gasteiger partial charge is 0.497 e. The number of nitrogens with two attached hydrogens (primary N) is 1. The average Bonchev–Trinajstić information content (AvgIpc) is 3.33. The third kappa shape index (κ3) is 3.26. The molecule has 2 aromatic heterocycles. The van der Waals surface area contributed by atoms with Gasteiger partial charge in [0, 0.05) is 42.7 Å². The molecule has 4 rings (SSSR count). The highest BCUT2D eigenvalue weighted by Gasteiger charge is 2.31. The van der Waals surface area contributed by atoms with E-state index in [1.54, 1.807) is 13.3 Å². The number of amides is 1. The maximum absolute atomic E-state index is 12.8. The van der Waals surface area contributed by atoms with Crippen molar-refractivity contribution in [2.75, 3.05) is 26.7 Å². The number of fused-ring (bicyclic) bond motifs is 1. The number of carbonyl (C=O) groups excluding carboxylic acids is 1.